The zero-order valence-electron chi connectivity index (χ0n) is 10.2. The summed E-state index contributed by atoms with van der Waals surface area (Å²) >= 11 is 7.09. The summed E-state index contributed by atoms with van der Waals surface area (Å²) in [7, 11) is -0.908. The van der Waals surface area contributed by atoms with E-state index < -0.39 is 10.0 Å². The summed E-state index contributed by atoms with van der Waals surface area (Å²) in [5.41, 5.74) is 0. The molecule has 1 aromatic heterocycles. The molecule has 0 aliphatic rings. The van der Waals surface area contributed by atoms with Crippen LogP contribution in [-0.2, 0) is 10.0 Å². The molecule has 8 heteroatoms. The Balaban J connectivity index is 2.53. The lowest BCUT2D eigenvalue weighted by molar-refractivity contribution is 0.402. The van der Waals surface area contributed by atoms with Crippen LogP contribution in [-0.4, -0.2) is 27.6 Å². The van der Waals surface area contributed by atoms with Crippen molar-refractivity contribution in [3.63, 3.8) is 0 Å². The van der Waals surface area contributed by atoms with Crippen LogP contribution in [0.3, 0.4) is 0 Å². The summed E-state index contributed by atoms with van der Waals surface area (Å²) < 4.78 is 31.2. The van der Waals surface area contributed by atoms with Gasteiger partial charge >= 0.3 is 0 Å². The average Bonchev–Trinajstić information content (AvgIpc) is 2.91. The van der Waals surface area contributed by atoms with Gasteiger partial charge in [-0.3, -0.25) is 0 Å². The number of aromatic nitrogens is 1. The number of rotatable bonds is 4. The van der Waals surface area contributed by atoms with Crippen molar-refractivity contribution in [2.75, 3.05) is 18.5 Å². The molecule has 19 heavy (non-hydrogen) atoms. The SMILES string of the molecule is COc1ccc(Cl)cc1S(=O)(=O)N(C)c1nccs1. The first-order chi connectivity index (χ1) is 8.96. The third kappa shape index (κ3) is 2.68. The number of anilines is 1. The van der Waals surface area contributed by atoms with E-state index in [0.717, 1.165) is 4.31 Å². The van der Waals surface area contributed by atoms with Crippen molar-refractivity contribution in [1.82, 2.24) is 4.98 Å². The van der Waals surface area contributed by atoms with Crippen molar-refractivity contribution in [2.45, 2.75) is 4.90 Å². The first-order valence-electron chi connectivity index (χ1n) is 5.19. The Kier molecular flexibility index (Phi) is 3.98. The normalized spacial score (nSPS) is 11.3. The highest BCUT2D eigenvalue weighted by atomic mass is 35.5. The van der Waals surface area contributed by atoms with E-state index in [1.807, 2.05) is 0 Å². The topological polar surface area (TPSA) is 59.5 Å². The Morgan fingerprint density at radius 1 is 1.42 bits per heavy atom. The van der Waals surface area contributed by atoms with Crippen LogP contribution in [0.15, 0.2) is 34.7 Å². The smallest absolute Gasteiger partial charge is 0.269 e. The zero-order valence-corrected chi connectivity index (χ0v) is 12.6. The van der Waals surface area contributed by atoms with Crippen LogP contribution < -0.4 is 9.04 Å². The maximum absolute atomic E-state index is 12.5. The lowest BCUT2D eigenvalue weighted by Crippen LogP contribution is -2.26. The summed E-state index contributed by atoms with van der Waals surface area (Å²) in [6.07, 6.45) is 1.54. The molecule has 0 atom stereocenters. The maximum Gasteiger partial charge on any atom is 0.269 e. The number of thiazole rings is 1. The van der Waals surface area contributed by atoms with Gasteiger partial charge in [0.2, 0.25) is 0 Å². The summed E-state index contributed by atoms with van der Waals surface area (Å²) in [6, 6.07) is 4.45. The number of hydrogen-bond acceptors (Lipinski definition) is 5. The second-order valence-electron chi connectivity index (χ2n) is 3.58. The Hall–Kier alpha value is -1.31. The van der Waals surface area contributed by atoms with Crippen LogP contribution in [0.4, 0.5) is 5.13 Å². The van der Waals surface area contributed by atoms with Crippen LogP contribution >= 0.6 is 22.9 Å². The molecule has 0 fully saturated rings. The van der Waals surface area contributed by atoms with Gasteiger partial charge in [-0.25, -0.2) is 17.7 Å². The minimum absolute atomic E-state index is 0.0141. The first kappa shape index (κ1) is 14.1. The Morgan fingerprint density at radius 2 is 2.16 bits per heavy atom. The average molecular weight is 319 g/mol. The van der Waals surface area contributed by atoms with Crippen molar-refractivity contribution in [2.24, 2.45) is 0 Å². The molecule has 2 rings (SSSR count). The van der Waals surface area contributed by atoms with Gasteiger partial charge in [0.05, 0.1) is 7.11 Å². The first-order valence-corrected chi connectivity index (χ1v) is 7.88. The van der Waals surface area contributed by atoms with Crippen molar-refractivity contribution in [1.29, 1.82) is 0 Å². The lowest BCUT2D eigenvalue weighted by atomic mass is 10.3. The number of benzene rings is 1. The molecular weight excluding hydrogens is 308 g/mol. The van der Waals surface area contributed by atoms with Gasteiger partial charge in [0.1, 0.15) is 10.6 Å². The predicted octanol–water partition coefficient (Wildman–Crippen LogP) is 2.63. The molecule has 1 heterocycles. The molecule has 102 valence electrons. The van der Waals surface area contributed by atoms with Crippen molar-refractivity contribution < 1.29 is 13.2 Å². The minimum Gasteiger partial charge on any atom is -0.495 e. The van der Waals surface area contributed by atoms with Gasteiger partial charge in [-0.05, 0) is 18.2 Å². The fraction of sp³-hybridized carbons (Fsp3) is 0.182. The molecule has 0 aliphatic carbocycles. The summed E-state index contributed by atoms with van der Waals surface area (Å²) in [6.45, 7) is 0. The third-order valence-electron chi connectivity index (χ3n) is 2.45. The number of ether oxygens (including phenoxy) is 1. The van der Waals surface area contributed by atoms with Crippen molar-refractivity contribution in [3.05, 3.63) is 34.8 Å². The molecule has 0 N–H and O–H groups in total. The van der Waals surface area contributed by atoms with E-state index in [2.05, 4.69) is 4.98 Å². The lowest BCUT2D eigenvalue weighted by Gasteiger charge is -2.18. The van der Waals surface area contributed by atoms with Crippen LogP contribution in [0.5, 0.6) is 5.75 Å². The maximum atomic E-state index is 12.5. The summed E-state index contributed by atoms with van der Waals surface area (Å²) in [5.74, 6) is 0.243. The van der Waals surface area contributed by atoms with E-state index in [0.29, 0.717) is 10.2 Å². The third-order valence-corrected chi connectivity index (χ3v) is 5.42. The summed E-state index contributed by atoms with van der Waals surface area (Å²) in [5, 5.41) is 2.41. The number of hydrogen-bond donors (Lipinski definition) is 0. The molecule has 0 amide bonds. The van der Waals surface area contributed by atoms with Gasteiger partial charge in [-0.1, -0.05) is 11.6 Å². The van der Waals surface area contributed by atoms with Crippen molar-refractivity contribution >= 4 is 38.1 Å². The fourth-order valence-electron chi connectivity index (χ4n) is 1.47. The molecule has 5 nitrogen and oxygen atoms in total. The standard InChI is InChI=1S/C11H11ClN2O3S2/c1-14(11-13-5-6-18-11)19(15,16)10-7-8(12)3-4-9(10)17-2/h3-7H,1-2H3. The van der Waals surface area contributed by atoms with E-state index in [4.69, 9.17) is 16.3 Å². The van der Waals surface area contributed by atoms with Crippen LogP contribution in [0.2, 0.25) is 5.02 Å². The Labute approximate surface area is 120 Å². The van der Waals surface area contributed by atoms with Crippen LogP contribution in [0.25, 0.3) is 0 Å². The highest BCUT2D eigenvalue weighted by molar-refractivity contribution is 7.93. The molecule has 0 radical (unpaired) electrons. The molecule has 0 bridgehead atoms. The van der Waals surface area contributed by atoms with Crippen LogP contribution in [0, 0.1) is 0 Å². The number of sulfonamides is 1. The van der Waals surface area contributed by atoms with Gasteiger partial charge < -0.3 is 4.74 Å². The number of methoxy groups -OCH3 is 1. The van der Waals surface area contributed by atoms with Gasteiger partial charge in [-0.15, -0.1) is 11.3 Å². The van der Waals surface area contributed by atoms with E-state index >= 15 is 0 Å². The minimum atomic E-state index is -3.76. The molecule has 1 aromatic carbocycles. The van der Waals surface area contributed by atoms with E-state index in [-0.39, 0.29) is 10.6 Å². The van der Waals surface area contributed by atoms with E-state index in [1.54, 1.807) is 17.6 Å². The van der Waals surface area contributed by atoms with Gasteiger partial charge in [0.25, 0.3) is 10.0 Å². The number of halogens is 1. The molecule has 2 aromatic rings. The van der Waals surface area contributed by atoms with Crippen LogP contribution in [0.1, 0.15) is 0 Å². The second kappa shape index (κ2) is 5.36. The van der Waals surface area contributed by atoms with Gasteiger partial charge in [0, 0.05) is 23.6 Å². The number of nitrogens with zero attached hydrogens (tertiary/aromatic N) is 2. The molecule has 0 saturated heterocycles. The quantitative estimate of drug-likeness (QED) is 0.869. The summed E-state index contributed by atoms with van der Waals surface area (Å²) in [4.78, 5) is 3.99. The highest BCUT2D eigenvalue weighted by Crippen LogP contribution is 2.31. The molecule has 0 aliphatic heterocycles. The van der Waals surface area contributed by atoms with E-state index in [1.165, 1.54) is 37.6 Å². The van der Waals surface area contributed by atoms with Crippen molar-refractivity contribution in [3.8, 4) is 5.75 Å². The largest absolute Gasteiger partial charge is 0.495 e. The van der Waals surface area contributed by atoms with Gasteiger partial charge in [0.15, 0.2) is 5.13 Å². The van der Waals surface area contributed by atoms with Gasteiger partial charge in [-0.2, -0.15) is 0 Å². The predicted molar refractivity (Wildman–Crippen MR) is 75.7 cm³/mol. The Bertz CT molecular complexity index is 671. The molecule has 0 unspecified atom stereocenters. The molecule has 0 saturated carbocycles. The van der Waals surface area contributed by atoms with E-state index in [9.17, 15) is 8.42 Å². The fourth-order valence-corrected chi connectivity index (χ4v) is 3.88. The monoisotopic (exact) mass is 318 g/mol. The second-order valence-corrected chi connectivity index (χ2v) is 6.83. The zero-order chi connectivity index (χ0) is 14.0. The molecular formula is C11H11ClN2O3S2. The Morgan fingerprint density at radius 3 is 2.74 bits per heavy atom. The highest BCUT2D eigenvalue weighted by Gasteiger charge is 2.26. The molecule has 0 spiro atoms.